The van der Waals surface area contributed by atoms with Gasteiger partial charge in [-0.05, 0) is 31.0 Å². The molecule has 0 radical (unpaired) electrons. The highest BCUT2D eigenvalue weighted by Gasteiger charge is 2.26. The molecule has 0 unspecified atom stereocenters. The van der Waals surface area contributed by atoms with Gasteiger partial charge in [0, 0.05) is 75.9 Å². The molecule has 9 heteroatoms. The zero-order chi connectivity index (χ0) is 22.3. The van der Waals surface area contributed by atoms with Crippen molar-refractivity contribution < 1.29 is 14.4 Å². The Morgan fingerprint density at radius 2 is 1.75 bits per heavy atom. The van der Waals surface area contributed by atoms with Crippen LogP contribution in [0.4, 0.5) is 5.69 Å². The average Bonchev–Trinajstić information content (AvgIpc) is 3.52. The van der Waals surface area contributed by atoms with Crippen LogP contribution >= 0.6 is 0 Å². The zero-order valence-corrected chi connectivity index (χ0v) is 18.3. The van der Waals surface area contributed by atoms with Gasteiger partial charge in [-0.1, -0.05) is 6.07 Å². The molecule has 2 aromatic rings. The molecule has 3 amide bonds. The molecule has 4 rings (SSSR count). The molecule has 0 atom stereocenters. The minimum Gasteiger partial charge on any atom is -0.342 e. The second-order valence-corrected chi connectivity index (χ2v) is 8.34. The smallest absolute Gasteiger partial charge is 0.254 e. The third kappa shape index (κ3) is 5.73. The van der Waals surface area contributed by atoms with Gasteiger partial charge in [-0.15, -0.1) is 0 Å². The summed E-state index contributed by atoms with van der Waals surface area (Å²) in [5.74, 6) is 0.0309. The molecule has 2 fully saturated rings. The largest absolute Gasteiger partial charge is 0.342 e. The van der Waals surface area contributed by atoms with E-state index in [1.165, 1.54) is 0 Å². The number of anilines is 1. The van der Waals surface area contributed by atoms with Crippen LogP contribution in [0.3, 0.4) is 0 Å². The number of aryl methyl sites for hydroxylation is 1. The van der Waals surface area contributed by atoms with Crippen LogP contribution in [0.2, 0.25) is 0 Å². The summed E-state index contributed by atoms with van der Waals surface area (Å²) in [7, 11) is 0. The number of nitrogens with zero attached hydrogens (tertiary/aromatic N) is 5. The number of amides is 3. The fourth-order valence-corrected chi connectivity index (χ4v) is 4.15. The van der Waals surface area contributed by atoms with Crippen molar-refractivity contribution >= 4 is 23.4 Å². The third-order valence-electron chi connectivity index (χ3n) is 6.03. The summed E-state index contributed by atoms with van der Waals surface area (Å²) in [5.41, 5.74) is 1.17. The topological polar surface area (TPSA) is 90.8 Å². The van der Waals surface area contributed by atoms with Gasteiger partial charge in [-0.3, -0.25) is 19.3 Å². The molecule has 1 aromatic carbocycles. The van der Waals surface area contributed by atoms with Crippen LogP contribution in [0.25, 0.3) is 0 Å². The number of aromatic nitrogens is 2. The highest BCUT2D eigenvalue weighted by atomic mass is 16.2. The number of carbonyl (C=O) groups excluding carboxylic acids is 3. The number of hydrogen-bond acceptors (Lipinski definition) is 5. The maximum Gasteiger partial charge on any atom is 0.254 e. The molecule has 0 spiro atoms. The first-order chi connectivity index (χ1) is 15.6. The Balaban J connectivity index is 1.25. The lowest BCUT2D eigenvalue weighted by Crippen LogP contribution is -2.51. The fourth-order valence-electron chi connectivity index (χ4n) is 4.15. The lowest BCUT2D eigenvalue weighted by Gasteiger charge is -2.35. The van der Waals surface area contributed by atoms with E-state index in [-0.39, 0.29) is 17.7 Å². The van der Waals surface area contributed by atoms with Crippen LogP contribution < -0.4 is 5.32 Å². The van der Waals surface area contributed by atoms with Gasteiger partial charge in [0.2, 0.25) is 11.8 Å². The van der Waals surface area contributed by atoms with Crippen LogP contribution in [0.15, 0.2) is 43.0 Å². The Hall–Kier alpha value is -3.20. The van der Waals surface area contributed by atoms with Crippen LogP contribution in [-0.4, -0.2) is 87.8 Å². The number of nitrogens with one attached hydrogen (secondary N) is 1. The maximum absolute atomic E-state index is 13.0. The van der Waals surface area contributed by atoms with Crippen LogP contribution in [0.5, 0.6) is 0 Å². The Morgan fingerprint density at radius 1 is 0.969 bits per heavy atom. The standard InChI is InChI=1S/C23H30N6O3/c30-21(6-10-27-11-7-24-18-27)25-20-5-3-4-19(16-20)23(32)29-14-12-26(13-15-29)17-22(31)28-8-1-2-9-28/h3-5,7,11,16,18H,1-2,6,8-10,12-15,17H2,(H,25,30). The first-order valence-corrected chi connectivity index (χ1v) is 11.2. The fraction of sp³-hybridized carbons (Fsp3) is 0.478. The summed E-state index contributed by atoms with van der Waals surface area (Å²) in [6.07, 6.45) is 7.68. The van der Waals surface area contributed by atoms with E-state index in [0.29, 0.717) is 56.9 Å². The van der Waals surface area contributed by atoms with Gasteiger partial charge in [0.1, 0.15) is 0 Å². The molecule has 2 saturated heterocycles. The zero-order valence-electron chi connectivity index (χ0n) is 18.3. The second-order valence-electron chi connectivity index (χ2n) is 8.34. The Labute approximate surface area is 188 Å². The van der Waals surface area contributed by atoms with Gasteiger partial charge in [-0.2, -0.15) is 0 Å². The first-order valence-electron chi connectivity index (χ1n) is 11.2. The molecular formula is C23H30N6O3. The molecular weight excluding hydrogens is 408 g/mol. The number of carbonyl (C=O) groups is 3. The van der Waals surface area contributed by atoms with E-state index >= 15 is 0 Å². The van der Waals surface area contributed by atoms with E-state index < -0.39 is 0 Å². The summed E-state index contributed by atoms with van der Waals surface area (Å²) in [4.78, 5) is 47.4. The molecule has 0 saturated carbocycles. The molecule has 2 aliphatic rings. The molecule has 3 heterocycles. The molecule has 1 N–H and O–H groups in total. The van der Waals surface area contributed by atoms with Gasteiger partial charge in [0.25, 0.3) is 5.91 Å². The summed E-state index contributed by atoms with van der Waals surface area (Å²) < 4.78 is 1.85. The number of hydrogen-bond donors (Lipinski definition) is 1. The lowest BCUT2D eigenvalue weighted by molar-refractivity contribution is -0.131. The highest BCUT2D eigenvalue weighted by Crippen LogP contribution is 2.15. The monoisotopic (exact) mass is 438 g/mol. The quantitative estimate of drug-likeness (QED) is 0.704. The van der Waals surface area contributed by atoms with E-state index in [1.54, 1.807) is 36.8 Å². The van der Waals surface area contributed by atoms with Crippen molar-refractivity contribution in [2.45, 2.75) is 25.8 Å². The SMILES string of the molecule is O=C(CCn1ccnc1)Nc1cccc(C(=O)N2CCN(CC(=O)N3CCCC3)CC2)c1. The Morgan fingerprint density at radius 3 is 2.47 bits per heavy atom. The van der Waals surface area contributed by atoms with Crippen molar-refractivity contribution in [3.63, 3.8) is 0 Å². The predicted molar refractivity (Wildman–Crippen MR) is 120 cm³/mol. The van der Waals surface area contributed by atoms with Crippen molar-refractivity contribution in [2.24, 2.45) is 0 Å². The van der Waals surface area contributed by atoms with Gasteiger partial charge < -0.3 is 19.7 Å². The third-order valence-corrected chi connectivity index (χ3v) is 6.03. The Kier molecular flexibility index (Phi) is 7.16. The molecule has 2 aliphatic heterocycles. The number of likely N-dealkylation sites (tertiary alicyclic amines) is 1. The highest BCUT2D eigenvalue weighted by molar-refractivity contribution is 5.97. The van der Waals surface area contributed by atoms with Crippen molar-refractivity contribution in [1.29, 1.82) is 0 Å². The van der Waals surface area contributed by atoms with Crippen LogP contribution in [0, 0.1) is 0 Å². The minimum absolute atomic E-state index is 0.0509. The summed E-state index contributed by atoms with van der Waals surface area (Å²) >= 11 is 0. The van der Waals surface area contributed by atoms with Gasteiger partial charge in [-0.25, -0.2) is 4.98 Å². The second kappa shape index (κ2) is 10.4. The minimum atomic E-state index is -0.111. The number of imidazole rings is 1. The Bertz CT molecular complexity index is 931. The van der Waals surface area contributed by atoms with Crippen LogP contribution in [-0.2, 0) is 16.1 Å². The lowest BCUT2D eigenvalue weighted by atomic mass is 10.1. The number of benzene rings is 1. The molecule has 0 aliphatic carbocycles. The number of piperazine rings is 1. The molecule has 32 heavy (non-hydrogen) atoms. The summed E-state index contributed by atoms with van der Waals surface area (Å²) in [5, 5.41) is 2.86. The van der Waals surface area contributed by atoms with Crippen molar-refractivity contribution in [2.75, 3.05) is 51.1 Å². The van der Waals surface area contributed by atoms with E-state index in [1.807, 2.05) is 20.6 Å². The number of rotatable bonds is 7. The molecule has 9 nitrogen and oxygen atoms in total. The van der Waals surface area contributed by atoms with Crippen molar-refractivity contribution in [1.82, 2.24) is 24.3 Å². The molecule has 1 aromatic heterocycles. The summed E-state index contributed by atoms with van der Waals surface area (Å²) in [6, 6.07) is 7.06. The van der Waals surface area contributed by atoms with Crippen molar-refractivity contribution in [3.05, 3.63) is 48.5 Å². The summed E-state index contributed by atoms with van der Waals surface area (Å²) in [6.45, 7) is 5.28. The van der Waals surface area contributed by atoms with E-state index in [9.17, 15) is 14.4 Å². The van der Waals surface area contributed by atoms with E-state index in [4.69, 9.17) is 0 Å². The van der Waals surface area contributed by atoms with Crippen molar-refractivity contribution in [3.8, 4) is 0 Å². The normalized spacial score (nSPS) is 16.9. The van der Waals surface area contributed by atoms with Gasteiger partial charge >= 0.3 is 0 Å². The van der Waals surface area contributed by atoms with Crippen LogP contribution in [0.1, 0.15) is 29.6 Å². The molecule has 0 bridgehead atoms. The first kappa shape index (κ1) is 22.0. The van der Waals surface area contributed by atoms with Gasteiger partial charge in [0.15, 0.2) is 0 Å². The van der Waals surface area contributed by atoms with E-state index in [0.717, 1.165) is 25.9 Å². The van der Waals surface area contributed by atoms with E-state index in [2.05, 4.69) is 15.2 Å². The predicted octanol–water partition coefficient (Wildman–Crippen LogP) is 1.29. The molecule has 170 valence electrons. The van der Waals surface area contributed by atoms with Gasteiger partial charge in [0.05, 0.1) is 12.9 Å². The maximum atomic E-state index is 13.0. The average molecular weight is 439 g/mol.